The van der Waals surface area contributed by atoms with Gasteiger partial charge in [0.05, 0.1) is 13.2 Å². The van der Waals surface area contributed by atoms with Gasteiger partial charge in [0, 0.05) is 28.3 Å². The van der Waals surface area contributed by atoms with Gasteiger partial charge in [0.2, 0.25) is 11.9 Å². The van der Waals surface area contributed by atoms with Crippen molar-refractivity contribution in [1.29, 1.82) is 0 Å². The van der Waals surface area contributed by atoms with Crippen LogP contribution in [0.1, 0.15) is 10.4 Å². The van der Waals surface area contributed by atoms with E-state index in [4.69, 9.17) is 21.4 Å². The standard InChI is InChI=1S/C24H23ClN6O5S/c1-15-12-27-23(37-15)36-19-8-6-18(7-9-19)28-21-29-22(34)31(14-20(33)26-10-11-32)24(35)30(21)13-16-2-4-17(25)5-3-16/h2-9,12,32H,10-11,13-14H2,1H3,(H,26,33)(H,28,29,34). The molecule has 0 atom stereocenters. The topological polar surface area (TPSA) is 140 Å². The zero-order chi connectivity index (χ0) is 26.4. The minimum atomic E-state index is -0.891. The van der Waals surface area contributed by atoms with Crippen LogP contribution in [-0.2, 0) is 17.9 Å². The van der Waals surface area contributed by atoms with Gasteiger partial charge < -0.3 is 20.5 Å². The molecule has 2 aromatic heterocycles. The monoisotopic (exact) mass is 542 g/mol. The second kappa shape index (κ2) is 11.8. The van der Waals surface area contributed by atoms with Crippen molar-refractivity contribution in [1.82, 2.24) is 24.4 Å². The molecule has 11 nitrogen and oxygen atoms in total. The third kappa shape index (κ3) is 6.82. The number of amides is 1. The quantitative estimate of drug-likeness (QED) is 0.278. The SMILES string of the molecule is Cc1cnc(Oc2ccc(Nc3nc(=O)n(CC(=O)NCCO)c(=O)n3Cc3ccc(Cl)cc3)cc2)s1. The number of hydrogen-bond donors (Lipinski definition) is 3. The van der Waals surface area contributed by atoms with Crippen molar-refractivity contribution >= 4 is 40.5 Å². The molecule has 0 aliphatic heterocycles. The number of nitrogens with zero attached hydrogens (tertiary/aromatic N) is 4. The van der Waals surface area contributed by atoms with Gasteiger partial charge in [-0.15, -0.1) is 0 Å². The largest absolute Gasteiger partial charge is 0.431 e. The fourth-order valence-corrected chi connectivity index (χ4v) is 4.04. The molecule has 0 saturated carbocycles. The lowest BCUT2D eigenvalue weighted by Crippen LogP contribution is -2.46. The van der Waals surface area contributed by atoms with Crippen LogP contribution in [0.25, 0.3) is 0 Å². The Hall–Kier alpha value is -4.00. The number of thiazole rings is 1. The Bertz CT molecular complexity index is 1500. The number of halogens is 1. The van der Waals surface area contributed by atoms with Crippen LogP contribution in [-0.4, -0.2) is 43.3 Å². The number of nitrogens with one attached hydrogen (secondary N) is 2. The summed E-state index contributed by atoms with van der Waals surface area (Å²) in [6, 6.07) is 13.7. The van der Waals surface area contributed by atoms with Gasteiger partial charge in [0.1, 0.15) is 12.3 Å². The molecule has 0 radical (unpaired) electrons. The Balaban J connectivity index is 1.63. The molecule has 0 bridgehead atoms. The van der Waals surface area contributed by atoms with Gasteiger partial charge in [-0.1, -0.05) is 35.1 Å². The summed E-state index contributed by atoms with van der Waals surface area (Å²) in [5.41, 5.74) is -0.333. The number of rotatable bonds is 10. The molecular formula is C24H23ClN6O5S. The molecular weight excluding hydrogens is 520 g/mol. The van der Waals surface area contributed by atoms with Crippen LogP contribution in [0, 0.1) is 6.92 Å². The Labute approximate surface area is 220 Å². The normalized spacial score (nSPS) is 10.8. The van der Waals surface area contributed by atoms with Crippen molar-refractivity contribution in [3.05, 3.63) is 91.2 Å². The van der Waals surface area contributed by atoms with Crippen molar-refractivity contribution in [3.8, 4) is 10.9 Å². The molecule has 37 heavy (non-hydrogen) atoms. The molecule has 13 heteroatoms. The van der Waals surface area contributed by atoms with Crippen LogP contribution >= 0.6 is 22.9 Å². The number of carbonyl (C=O) groups excluding carboxylic acids is 1. The summed E-state index contributed by atoms with van der Waals surface area (Å²) in [5.74, 6) is -0.0308. The second-order valence-electron chi connectivity index (χ2n) is 7.86. The summed E-state index contributed by atoms with van der Waals surface area (Å²) in [5, 5.41) is 15.4. The van der Waals surface area contributed by atoms with Gasteiger partial charge in [-0.3, -0.25) is 9.36 Å². The lowest BCUT2D eigenvalue weighted by molar-refractivity contribution is -0.121. The molecule has 0 unspecified atom stereocenters. The van der Waals surface area contributed by atoms with E-state index in [0.29, 0.717) is 21.7 Å². The van der Waals surface area contributed by atoms with E-state index in [2.05, 4.69) is 20.6 Å². The number of hydrogen-bond acceptors (Lipinski definition) is 9. The fraction of sp³-hybridized carbons (Fsp3) is 0.208. The van der Waals surface area contributed by atoms with E-state index >= 15 is 0 Å². The number of aryl methyl sites for hydroxylation is 1. The highest BCUT2D eigenvalue weighted by atomic mass is 35.5. The Kier molecular flexibility index (Phi) is 8.33. The maximum atomic E-state index is 13.3. The number of benzene rings is 2. The van der Waals surface area contributed by atoms with E-state index in [1.165, 1.54) is 15.9 Å². The molecule has 0 saturated heterocycles. The molecule has 2 aromatic carbocycles. The first-order valence-corrected chi connectivity index (χ1v) is 12.3. The summed E-state index contributed by atoms with van der Waals surface area (Å²) in [4.78, 5) is 47.3. The van der Waals surface area contributed by atoms with E-state index in [1.54, 1.807) is 54.7 Å². The van der Waals surface area contributed by atoms with Crippen LogP contribution in [0.2, 0.25) is 5.02 Å². The Morgan fingerprint density at radius 3 is 2.49 bits per heavy atom. The molecule has 0 aliphatic rings. The highest BCUT2D eigenvalue weighted by molar-refractivity contribution is 7.13. The maximum absolute atomic E-state index is 13.3. The van der Waals surface area contributed by atoms with Crippen molar-refractivity contribution < 1.29 is 14.6 Å². The van der Waals surface area contributed by atoms with Crippen LogP contribution in [0.4, 0.5) is 11.6 Å². The van der Waals surface area contributed by atoms with Gasteiger partial charge in [-0.2, -0.15) is 4.98 Å². The van der Waals surface area contributed by atoms with Gasteiger partial charge in [0.15, 0.2) is 0 Å². The van der Waals surface area contributed by atoms with E-state index in [1.807, 2.05) is 6.92 Å². The van der Waals surface area contributed by atoms with Crippen molar-refractivity contribution in [2.75, 3.05) is 18.5 Å². The molecule has 0 spiro atoms. The smallest absolute Gasteiger partial charge is 0.355 e. The van der Waals surface area contributed by atoms with E-state index in [0.717, 1.165) is 15.0 Å². The third-order valence-corrected chi connectivity index (χ3v) is 6.10. The van der Waals surface area contributed by atoms with Crippen molar-refractivity contribution in [2.24, 2.45) is 0 Å². The minimum Gasteiger partial charge on any atom is -0.431 e. The number of aliphatic hydroxyl groups is 1. The zero-order valence-electron chi connectivity index (χ0n) is 19.7. The molecule has 4 aromatic rings. The molecule has 3 N–H and O–H groups in total. The first-order chi connectivity index (χ1) is 17.8. The average molecular weight is 543 g/mol. The molecule has 2 heterocycles. The maximum Gasteiger partial charge on any atom is 0.355 e. The van der Waals surface area contributed by atoms with E-state index in [-0.39, 0.29) is 25.6 Å². The Morgan fingerprint density at radius 2 is 1.84 bits per heavy atom. The van der Waals surface area contributed by atoms with Crippen molar-refractivity contribution in [2.45, 2.75) is 20.0 Å². The number of ether oxygens (including phenoxy) is 1. The van der Waals surface area contributed by atoms with E-state index in [9.17, 15) is 14.4 Å². The fourth-order valence-electron chi connectivity index (χ4n) is 3.29. The molecule has 0 fully saturated rings. The summed E-state index contributed by atoms with van der Waals surface area (Å²) in [7, 11) is 0. The number of aromatic nitrogens is 4. The van der Waals surface area contributed by atoms with Gasteiger partial charge in [0.25, 0.3) is 5.19 Å². The molecule has 0 aliphatic carbocycles. The average Bonchev–Trinajstić information content (AvgIpc) is 3.29. The second-order valence-corrected chi connectivity index (χ2v) is 9.49. The molecule has 4 rings (SSSR count). The first-order valence-electron chi connectivity index (χ1n) is 11.1. The summed E-state index contributed by atoms with van der Waals surface area (Å²) < 4.78 is 7.72. The highest BCUT2D eigenvalue weighted by Gasteiger charge is 2.16. The minimum absolute atomic E-state index is 0.00110. The summed E-state index contributed by atoms with van der Waals surface area (Å²) >= 11 is 7.40. The first kappa shape index (κ1) is 26.1. The van der Waals surface area contributed by atoms with Gasteiger partial charge >= 0.3 is 11.4 Å². The number of carbonyl (C=O) groups is 1. The molecule has 1 amide bonds. The predicted octanol–water partition coefficient (Wildman–Crippen LogP) is 2.52. The lowest BCUT2D eigenvalue weighted by atomic mass is 10.2. The van der Waals surface area contributed by atoms with Gasteiger partial charge in [-0.25, -0.2) is 19.1 Å². The van der Waals surface area contributed by atoms with Crippen molar-refractivity contribution in [3.63, 3.8) is 0 Å². The molecule has 192 valence electrons. The predicted molar refractivity (Wildman–Crippen MR) is 140 cm³/mol. The van der Waals surface area contributed by atoms with Crippen LogP contribution in [0.15, 0.2) is 64.3 Å². The van der Waals surface area contributed by atoms with Crippen LogP contribution in [0.3, 0.4) is 0 Å². The highest BCUT2D eigenvalue weighted by Crippen LogP contribution is 2.27. The summed E-state index contributed by atoms with van der Waals surface area (Å²) in [6.07, 6.45) is 1.72. The van der Waals surface area contributed by atoms with Gasteiger partial charge in [-0.05, 0) is 48.9 Å². The van der Waals surface area contributed by atoms with Crippen LogP contribution in [0.5, 0.6) is 10.9 Å². The number of aliphatic hydroxyl groups excluding tert-OH is 1. The lowest BCUT2D eigenvalue weighted by Gasteiger charge is -2.16. The Morgan fingerprint density at radius 1 is 1.11 bits per heavy atom. The summed E-state index contributed by atoms with van der Waals surface area (Å²) in [6.45, 7) is 1.20. The zero-order valence-corrected chi connectivity index (χ0v) is 21.3. The van der Waals surface area contributed by atoms with Crippen LogP contribution < -0.4 is 26.7 Å². The third-order valence-electron chi connectivity index (χ3n) is 5.06. The van der Waals surface area contributed by atoms with E-state index < -0.39 is 23.8 Å². The number of anilines is 2.